The smallest absolute Gasteiger partial charge is 0.260 e. The lowest BCUT2D eigenvalue weighted by Crippen LogP contribution is -2.56. The van der Waals surface area contributed by atoms with Crippen LogP contribution in [0.15, 0.2) is 24.3 Å². The van der Waals surface area contributed by atoms with E-state index in [1.807, 2.05) is 29.2 Å². The van der Waals surface area contributed by atoms with Crippen molar-refractivity contribution in [1.29, 1.82) is 0 Å². The van der Waals surface area contributed by atoms with E-state index in [4.69, 9.17) is 9.47 Å². The van der Waals surface area contributed by atoms with Crippen LogP contribution < -0.4 is 9.47 Å². The Labute approximate surface area is 166 Å². The van der Waals surface area contributed by atoms with Gasteiger partial charge < -0.3 is 19.3 Å². The summed E-state index contributed by atoms with van der Waals surface area (Å²) in [5, 5.41) is 0. The number of likely N-dealkylation sites (tertiary alicyclic amines) is 2. The molecular weight excluding hydrogens is 356 g/mol. The van der Waals surface area contributed by atoms with Crippen molar-refractivity contribution in [3.05, 3.63) is 24.3 Å². The van der Waals surface area contributed by atoms with Crippen LogP contribution in [-0.4, -0.2) is 60.0 Å². The lowest BCUT2D eigenvalue weighted by Gasteiger charge is -2.46. The molecule has 28 heavy (non-hydrogen) atoms. The number of nitrogens with zero attached hydrogens (tertiary/aromatic N) is 2. The Morgan fingerprint density at radius 2 is 1.75 bits per heavy atom. The van der Waals surface area contributed by atoms with Crippen LogP contribution >= 0.6 is 0 Å². The second-order valence-corrected chi connectivity index (χ2v) is 8.62. The molecule has 0 radical (unpaired) electrons. The highest BCUT2D eigenvalue weighted by Crippen LogP contribution is 2.53. The third-order valence-electron chi connectivity index (χ3n) is 7.02. The van der Waals surface area contributed by atoms with Crippen molar-refractivity contribution < 1.29 is 19.1 Å². The maximum atomic E-state index is 13.1. The normalized spacial score (nSPS) is 31.3. The zero-order valence-corrected chi connectivity index (χ0v) is 17.0. The number of rotatable bonds is 4. The maximum Gasteiger partial charge on any atom is 0.260 e. The van der Waals surface area contributed by atoms with E-state index in [9.17, 15) is 9.59 Å². The van der Waals surface area contributed by atoms with E-state index in [0.717, 1.165) is 37.9 Å². The fourth-order valence-electron chi connectivity index (χ4n) is 5.82. The number of hydrogen-bond donors (Lipinski definition) is 0. The second-order valence-electron chi connectivity index (χ2n) is 8.62. The van der Waals surface area contributed by atoms with Gasteiger partial charge in [0, 0.05) is 31.0 Å². The van der Waals surface area contributed by atoms with Gasteiger partial charge in [0.25, 0.3) is 5.91 Å². The average molecular weight is 386 g/mol. The predicted molar refractivity (Wildman–Crippen MR) is 105 cm³/mol. The Morgan fingerprint density at radius 1 is 1.11 bits per heavy atom. The highest BCUT2D eigenvalue weighted by molar-refractivity contribution is 5.79. The van der Waals surface area contributed by atoms with E-state index in [0.29, 0.717) is 12.3 Å². The molecule has 0 aromatic heterocycles. The standard InChI is InChI=1S/C22H30N2O4/c1-15(25)24-16-12-22(2)19(6-4-5-7-20(22)24)23(13-16)21(26)14-28-18-10-8-17(27-3)9-11-18/h8-11,16,19-20H,4-7,12-14H2,1-3H3/t16-,19+,20-,22+/m0/s1. The third-order valence-corrected chi connectivity index (χ3v) is 7.02. The predicted octanol–water partition coefficient (Wildman–Crippen LogP) is 2.85. The van der Waals surface area contributed by atoms with Gasteiger partial charge in [-0.3, -0.25) is 9.59 Å². The first kappa shape index (κ1) is 19.1. The van der Waals surface area contributed by atoms with E-state index in [1.54, 1.807) is 14.0 Å². The lowest BCUT2D eigenvalue weighted by molar-refractivity contribution is -0.141. The Morgan fingerprint density at radius 3 is 2.39 bits per heavy atom. The van der Waals surface area contributed by atoms with Crippen molar-refractivity contribution in [3.8, 4) is 11.5 Å². The van der Waals surface area contributed by atoms with E-state index < -0.39 is 0 Å². The van der Waals surface area contributed by atoms with Crippen LogP contribution in [0.3, 0.4) is 0 Å². The minimum Gasteiger partial charge on any atom is -0.497 e. The molecule has 2 amide bonds. The van der Waals surface area contributed by atoms with Gasteiger partial charge >= 0.3 is 0 Å². The number of hydrogen-bond acceptors (Lipinski definition) is 4. The summed E-state index contributed by atoms with van der Waals surface area (Å²) in [6.45, 7) is 4.60. The fraction of sp³-hybridized carbons (Fsp3) is 0.636. The van der Waals surface area contributed by atoms with Crippen LogP contribution in [0.2, 0.25) is 0 Å². The number of methoxy groups -OCH3 is 1. The van der Waals surface area contributed by atoms with Crippen molar-refractivity contribution in [2.24, 2.45) is 5.41 Å². The van der Waals surface area contributed by atoms with Gasteiger partial charge in [-0.15, -0.1) is 0 Å². The van der Waals surface area contributed by atoms with Crippen LogP contribution in [-0.2, 0) is 9.59 Å². The summed E-state index contributed by atoms with van der Waals surface area (Å²) in [5.74, 6) is 1.57. The molecule has 6 nitrogen and oxygen atoms in total. The summed E-state index contributed by atoms with van der Waals surface area (Å²) in [6, 6.07) is 7.84. The molecule has 0 unspecified atom stereocenters. The topological polar surface area (TPSA) is 59.1 Å². The number of ether oxygens (including phenoxy) is 2. The number of carbonyl (C=O) groups is 2. The molecule has 2 bridgehead atoms. The number of piperidine rings is 1. The molecule has 1 saturated carbocycles. The molecule has 1 aromatic rings. The number of benzene rings is 1. The Balaban J connectivity index is 1.51. The SMILES string of the molecule is COc1ccc(OCC(=O)N2C[C@@H]3C[C@@]4(C)[C@H](CCCC[C@@H]24)N3C(C)=O)cc1. The van der Waals surface area contributed by atoms with Crippen molar-refractivity contribution in [2.75, 3.05) is 20.3 Å². The van der Waals surface area contributed by atoms with Gasteiger partial charge in [0.2, 0.25) is 5.91 Å². The first-order valence-electron chi connectivity index (χ1n) is 10.3. The molecule has 0 N–H and O–H groups in total. The summed E-state index contributed by atoms with van der Waals surface area (Å²) >= 11 is 0. The van der Waals surface area contributed by atoms with Gasteiger partial charge in [0.15, 0.2) is 6.61 Å². The largest absolute Gasteiger partial charge is 0.497 e. The molecule has 0 spiro atoms. The molecule has 2 heterocycles. The van der Waals surface area contributed by atoms with E-state index in [1.165, 1.54) is 0 Å². The number of amides is 2. The Bertz CT molecular complexity index is 749. The van der Waals surface area contributed by atoms with Gasteiger partial charge in [-0.2, -0.15) is 0 Å². The molecule has 4 rings (SSSR count). The first-order valence-corrected chi connectivity index (χ1v) is 10.3. The van der Waals surface area contributed by atoms with Crippen LogP contribution in [0.4, 0.5) is 0 Å². The zero-order chi connectivity index (χ0) is 19.9. The summed E-state index contributed by atoms with van der Waals surface area (Å²) in [6.07, 6.45) is 5.30. The molecule has 1 aliphatic carbocycles. The van der Waals surface area contributed by atoms with Gasteiger partial charge in [0.1, 0.15) is 11.5 Å². The van der Waals surface area contributed by atoms with Gasteiger partial charge in [0.05, 0.1) is 13.2 Å². The van der Waals surface area contributed by atoms with Gasteiger partial charge in [-0.1, -0.05) is 19.8 Å². The molecule has 6 heteroatoms. The van der Waals surface area contributed by atoms with Crippen molar-refractivity contribution in [2.45, 2.75) is 64.1 Å². The zero-order valence-electron chi connectivity index (χ0n) is 17.0. The summed E-state index contributed by atoms with van der Waals surface area (Å²) in [4.78, 5) is 29.6. The number of carbonyl (C=O) groups excluding carboxylic acids is 2. The molecular formula is C22H30N2O4. The van der Waals surface area contributed by atoms with E-state index in [-0.39, 0.29) is 42.0 Å². The second kappa shape index (κ2) is 7.30. The molecule has 2 aliphatic heterocycles. The van der Waals surface area contributed by atoms with Crippen LogP contribution in [0, 0.1) is 5.41 Å². The quantitative estimate of drug-likeness (QED) is 0.798. The summed E-state index contributed by atoms with van der Waals surface area (Å²) in [7, 11) is 1.62. The van der Waals surface area contributed by atoms with Gasteiger partial charge in [-0.25, -0.2) is 0 Å². The minimum absolute atomic E-state index is 0.0130. The summed E-state index contributed by atoms with van der Waals surface area (Å²) < 4.78 is 10.9. The first-order chi connectivity index (χ1) is 13.4. The molecule has 3 fully saturated rings. The monoisotopic (exact) mass is 386 g/mol. The molecule has 3 aliphatic rings. The average Bonchev–Trinajstić information content (AvgIpc) is 2.80. The minimum atomic E-state index is -0.0130. The Kier molecular flexibility index (Phi) is 4.98. The van der Waals surface area contributed by atoms with Crippen LogP contribution in [0.1, 0.15) is 46.0 Å². The summed E-state index contributed by atoms with van der Waals surface area (Å²) in [5.41, 5.74) is -0.0130. The van der Waals surface area contributed by atoms with E-state index in [2.05, 4.69) is 11.8 Å². The highest BCUT2D eigenvalue weighted by atomic mass is 16.5. The maximum absolute atomic E-state index is 13.1. The Hall–Kier alpha value is -2.24. The lowest BCUT2D eigenvalue weighted by atomic mass is 9.71. The molecule has 152 valence electrons. The molecule has 4 atom stereocenters. The van der Waals surface area contributed by atoms with Crippen molar-refractivity contribution in [3.63, 3.8) is 0 Å². The highest BCUT2D eigenvalue weighted by Gasteiger charge is 2.60. The number of fused-ring (bicyclic) bond motifs is 1. The van der Waals surface area contributed by atoms with Gasteiger partial charge in [-0.05, 0) is 43.5 Å². The van der Waals surface area contributed by atoms with Crippen LogP contribution in [0.5, 0.6) is 11.5 Å². The molecule has 1 aromatic carbocycles. The van der Waals surface area contributed by atoms with Crippen LogP contribution in [0.25, 0.3) is 0 Å². The molecule has 2 saturated heterocycles. The van der Waals surface area contributed by atoms with Crippen molar-refractivity contribution >= 4 is 11.8 Å². The fourth-order valence-corrected chi connectivity index (χ4v) is 5.82. The third kappa shape index (κ3) is 3.12. The van der Waals surface area contributed by atoms with E-state index >= 15 is 0 Å². The van der Waals surface area contributed by atoms with Crippen molar-refractivity contribution in [1.82, 2.24) is 9.80 Å².